The molecule has 0 unspecified atom stereocenters. The molecule has 6 nitrogen and oxygen atoms in total. The number of rotatable bonds is 3. The number of halogens is 1. The van der Waals surface area contributed by atoms with Gasteiger partial charge in [0, 0.05) is 37.0 Å². The molecule has 4 heterocycles. The number of likely N-dealkylation sites (tertiary alicyclic amines) is 1. The maximum absolute atomic E-state index is 13.4. The number of anilines is 1. The van der Waals surface area contributed by atoms with E-state index in [1.165, 1.54) is 17.7 Å². The first-order chi connectivity index (χ1) is 13.6. The Labute approximate surface area is 161 Å². The molecule has 0 saturated carbocycles. The summed E-state index contributed by atoms with van der Waals surface area (Å²) in [6.07, 6.45) is 3.65. The van der Waals surface area contributed by atoms with Crippen molar-refractivity contribution in [3.05, 3.63) is 66.2 Å². The molecule has 1 aromatic carbocycles. The predicted molar refractivity (Wildman–Crippen MR) is 106 cm³/mol. The molecule has 5 rings (SSSR count). The minimum absolute atomic E-state index is 0.201. The number of benzene rings is 1. The minimum Gasteiger partial charge on any atom is -0.368 e. The van der Waals surface area contributed by atoms with Crippen LogP contribution in [0.5, 0.6) is 0 Å². The number of hydrogen-bond donors (Lipinski definition) is 1. The summed E-state index contributed by atoms with van der Waals surface area (Å²) in [5.41, 5.74) is 11.0. The molecule has 0 bridgehead atoms. The number of nitrogens with zero attached hydrogens (tertiary/aromatic N) is 5. The highest BCUT2D eigenvalue weighted by Gasteiger charge is 2.26. The molecule has 7 heteroatoms. The molecule has 28 heavy (non-hydrogen) atoms. The molecule has 140 valence electrons. The van der Waals surface area contributed by atoms with Gasteiger partial charge in [-0.1, -0.05) is 0 Å². The van der Waals surface area contributed by atoms with Gasteiger partial charge in [0.05, 0.1) is 17.1 Å². The molecule has 1 fully saturated rings. The quantitative estimate of drug-likeness (QED) is 0.596. The van der Waals surface area contributed by atoms with Crippen molar-refractivity contribution in [2.24, 2.45) is 0 Å². The van der Waals surface area contributed by atoms with E-state index in [1.54, 1.807) is 18.3 Å². The number of fused-ring (bicyclic) bond motifs is 1. The van der Waals surface area contributed by atoms with Gasteiger partial charge in [-0.15, -0.1) is 0 Å². The fourth-order valence-corrected chi connectivity index (χ4v) is 3.78. The smallest absolute Gasteiger partial charge is 0.220 e. The van der Waals surface area contributed by atoms with Crippen LogP contribution < -0.4 is 5.73 Å². The maximum atomic E-state index is 13.4. The van der Waals surface area contributed by atoms with Crippen molar-refractivity contribution in [1.29, 1.82) is 0 Å². The summed E-state index contributed by atoms with van der Waals surface area (Å²) < 4.78 is 15.4. The lowest BCUT2D eigenvalue weighted by molar-refractivity contribution is 0.190. The summed E-state index contributed by atoms with van der Waals surface area (Å²) in [4.78, 5) is 15.5. The van der Waals surface area contributed by atoms with Gasteiger partial charge < -0.3 is 10.6 Å². The van der Waals surface area contributed by atoms with Crippen molar-refractivity contribution in [2.75, 3.05) is 25.9 Å². The van der Waals surface area contributed by atoms with Crippen LogP contribution in [0.3, 0.4) is 0 Å². The lowest BCUT2D eigenvalue weighted by Crippen LogP contribution is -2.41. The zero-order valence-electron chi connectivity index (χ0n) is 15.4. The highest BCUT2D eigenvalue weighted by Crippen LogP contribution is 2.34. The monoisotopic (exact) mass is 374 g/mol. The Hall–Kier alpha value is -3.32. The van der Waals surface area contributed by atoms with E-state index >= 15 is 0 Å². The summed E-state index contributed by atoms with van der Waals surface area (Å²) in [5, 5.41) is 0. The average Bonchev–Trinajstić information content (AvgIpc) is 3.04. The topological polar surface area (TPSA) is 72.3 Å². The Kier molecular flexibility index (Phi) is 3.84. The van der Waals surface area contributed by atoms with Gasteiger partial charge in [0.25, 0.3) is 0 Å². The lowest BCUT2D eigenvalue weighted by Gasteiger charge is -2.36. The Balaban J connectivity index is 1.71. The molecule has 1 aliphatic heterocycles. The fraction of sp³-hybridized carbons (Fsp3) is 0.190. The number of likely N-dealkylation sites (N-methyl/N-ethyl adjacent to an activating group) is 1. The molecule has 0 radical (unpaired) electrons. The van der Waals surface area contributed by atoms with Crippen molar-refractivity contribution in [2.45, 2.75) is 5.92 Å². The molecule has 0 aliphatic carbocycles. The van der Waals surface area contributed by atoms with Crippen LogP contribution in [-0.4, -0.2) is 44.4 Å². The fourth-order valence-electron chi connectivity index (χ4n) is 3.78. The van der Waals surface area contributed by atoms with E-state index in [-0.39, 0.29) is 11.8 Å². The van der Waals surface area contributed by atoms with E-state index in [1.807, 2.05) is 16.7 Å². The van der Waals surface area contributed by atoms with E-state index in [0.29, 0.717) is 11.6 Å². The predicted octanol–water partition coefficient (Wildman–Crippen LogP) is 3.21. The van der Waals surface area contributed by atoms with Gasteiger partial charge >= 0.3 is 0 Å². The van der Waals surface area contributed by atoms with Crippen LogP contribution in [-0.2, 0) is 0 Å². The van der Waals surface area contributed by atoms with Crippen LogP contribution in [0.4, 0.5) is 10.3 Å². The van der Waals surface area contributed by atoms with Crippen LogP contribution >= 0.6 is 0 Å². The second kappa shape index (κ2) is 6.38. The Morgan fingerprint density at radius 1 is 1.07 bits per heavy atom. The first-order valence-electron chi connectivity index (χ1n) is 9.14. The maximum Gasteiger partial charge on any atom is 0.220 e. The van der Waals surface area contributed by atoms with Crippen LogP contribution in [0.25, 0.3) is 28.3 Å². The van der Waals surface area contributed by atoms with E-state index in [4.69, 9.17) is 10.7 Å². The number of hydrogen-bond acceptors (Lipinski definition) is 5. The molecular formula is C21H19FN6. The second-order valence-corrected chi connectivity index (χ2v) is 7.22. The average molecular weight is 374 g/mol. The van der Waals surface area contributed by atoms with Crippen LogP contribution in [0, 0.1) is 5.82 Å². The van der Waals surface area contributed by atoms with Crippen LogP contribution in [0.2, 0.25) is 0 Å². The summed E-state index contributed by atoms with van der Waals surface area (Å²) in [6, 6.07) is 12.4. The van der Waals surface area contributed by atoms with Crippen molar-refractivity contribution in [3.8, 4) is 22.6 Å². The second-order valence-electron chi connectivity index (χ2n) is 7.22. The minimum atomic E-state index is -0.281. The van der Waals surface area contributed by atoms with Crippen molar-refractivity contribution in [1.82, 2.24) is 24.3 Å². The van der Waals surface area contributed by atoms with Gasteiger partial charge in [-0.25, -0.2) is 19.3 Å². The highest BCUT2D eigenvalue weighted by atomic mass is 19.1. The first-order valence-corrected chi connectivity index (χ1v) is 9.14. The van der Waals surface area contributed by atoms with Crippen LogP contribution in [0.1, 0.15) is 11.5 Å². The standard InChI is InChI=1S/C21H19FN6/c1-27-11-15(12-27)14-7-9-28-18(10-14)26-19(13-2-4-16(22)5-3-13)20(28)17-6-8-24-21(23)25-17/h2-10,15H,11-12H2,1H3,(H2,23,24,25). The van der Waals surface area contributed by atoms with Gasteiger partial charge in [-0.2, -0.15) is 0 Å². The number of imidazole rings is 1. The largest absolute Gasteiger partial charge is 0.368 e. The molecule has 0 spiro atoms. The molecule has 1 saturated heterocycles. The van der Waals surface area contributed by atoms with Gasteiger partial charge in [0.15, 0.2) is 0 Å². The van der Waals surface area contributed by atoms with Crippen molar-refractivity contribution < 1.29 is 4.39 Å². The molecule has 3 aromatic heterocycles. The van der Waals surface area contributed by atoms with Crippen molar-refractivity contribution >= 4 is 11.6 Å². The zero-order valence-corrected chi connectivity index (χ0v) is 15.4. The molecule has 1 aliphatic rings. The first kappa shape index (κ1) is 16.8. The van der Waals surface area contributed by atoms with E-state index in [2.05, 4.69) is 34.0 Å². The van der Waals surface area contributed by atoms with Crippen molar-refractivity contribution in [3.63, 3.8) is 0 Å². The molecule has 2 N–H and O–H groups in total. The van der Waals surface area contributed by atoms with Gasteiger partial charge in [0.1, 0.15) is 11.5 Å². The van der Waals surface area contributed by atoms with Gasteiger partial charge in [0.2, 0.25) is 5.95 Å². The number of pyridine rings is 1. The summed E-state index contributed by atoms with van der Waals surface area (Å²) in [6.45, 7) is 2.11. The zero-order chi connectivity index (χ0) is 19.3. The Morgan fingerprint density at radius 2 is 1.86 bits per heavy atom. The molecule has 4 aromatic rings. The van der Waals surface area contributed by atoms with Gasteiger partial charge in [-0.05, 0) is 55.1 Å². The third kappa shape index (κ3) is 2.80. The van der Waals surface area contributed by atoms with Gasteiger partial charge in [-0.3, -0.25) is 4.40 Å². The molecular weight excluding hydrogens is 355 g/mol. The summed E-state index contributed by atoms with van der Waals surface area (Å²) >= 11 is 0. The number of aromatic nitrogens is 4. The van der Waals surface area contributed by atoms with Crippen LogP contribution in [0.15, 0.2) is 54.9 Å². The lowest BCUT2D eigenvalue weighted by atomic mass is 9.93. The third-order valence-corrected chi connectivity index (χ3v) is 5.22. The summed E-state index contributed by atoms with van der Waals surface area (Å²) in [7, 11) is 2.12. The SMILES string of the molecule is CN1CC(c2ccn3c(-c4ccnc(N)n4)c(-c4ccc(F)cc4)nc3c2)C1. The molecule has 0 amide bonds. The third-order valence-electron chi connectivity index (χ3n) is 5.22. The van der Waals surface area contributed by atoms with E-state index in [0.717, 1.165) is 35.7 Å². The number of nitrogen functional groups attached to an aromatic ring is 1. The Morgan fingerprint density at radius 3 is 2.57 bits per heavy atom. The Bertz CT molecular complexity index is 1160. The summed E-state index contributed by atoms with van der Waals surface area (Å²) in [5.74, 6) is 0.447. The number of nitrogens with two attached hydrogens (primary N) is 1. The normalized spacial score (nSPS) is 15.1. The van der Waals surface area contributed by atoms with E-state index in [9.17, 15) is 4.39 Å². The molecule has 0 atom stereocenters. The van der Waals surface area contributed by atoms with E-state index < -0.39 is 0 Å². The highest BCUT2D eigenvalue weighted by molar-refractivity contribution is 5.80.